The van der Waals surface area contributed by atoms with Gasteiger partial charge in [0.25, 0.3) is 5.91 Å². The SMILES string of the molecule is CCOc1cc(Br)c(N2C(=NC(=O)COC)S[C@H]3CS(=O)(=O)C[C@@H]32)cc1OCC. The number of methoxy groups -OCH3 is 1. The first-order valence-electron chi connectivity index (χ1n) is 9.15. The Morgan fingerprint density at radius 3 is 2.52 bits per heavy atom. The van der Waals surface area contributed by atoms with Crippen molar-refractivity contribution in [2.75, 3.05) is 43.3 Å². The molecule has 0 unspecified atom stereocenters. The summed E-state index contributed by atoms with van der Waals surface area (Å²) in [7, 11) is -1.73. The van der Waals surface area contributed by atoms with Crippen LogP contribution in [0, 0.1) is 0 Å². The topological polar surface area (TPSA) is 94.5 Å². The molecule has 2 fully saturated rings. The predicted molar refractivity (Wildman–Crippen MR) is 117 cm³/mol. The third-order valence-corrected chi connectivity index (χ3v) is 8.27. The maximum absolute atomic E-state index is 12.2. The van der Waals surface area contributed by atoms with E-state index in [9.17, 15) is 13.2 Å². The predicted octanol–water partition coefficient (Wildman–Crippen LogP) is 2.49. The molecule has 2 aliphatic rings. The maximum Gasteiger partial charge on any atom is 0.274 e. The Morgan fingerprint density at radius 2 is 1.90 bits per heavy atom. The average Bonchev–Trinajstić information content (AvgIpc) is 3.09. The molecule has 1 aromatic rings. The van der Waals surface area contributed by atoms with E-state index >= 15 is 0 Å². The third-order valence-electron chi connectivity index (χ3n) is 4.43. The molecule has 160 valence electrons. The molecule has 2 aliphatic heterocycles. The largest absolute Gasteiger partial charge is 0.490 e. The molecule has 29 heavy (non-hydrogen) atoms. The van der Waals surface area contributed by atoms with Crippen molar-refractivity contribution in [3.05, 3.63) is 16.6 Å². The highest BCUT2D eigenvalue weighted by Gasteiger charge is 2.50. The number of thioether (sulfide) groups is 1. The van der Waals surface area contributed by atoms with Gasteiger partial charge in [-0.05, 0) is 29.8 Å². The minimum Gasteiger partial charge on any atom is -0.490 e. The molecule has 2 atom stereocenters. The molecular weight excluding hydrogens is 484 g/mol. The number of anilines is 1. The molecule has 1 aromatic carbocycles. The summed E-state index contributed by atoms with van der Waals surface area (Å²) in [6.07, 6.45) is 0. The summed E-state index contributed by atoms with van der Waals surface area (Å²) >= 11 is 4.87. The van der Waals surface area contributed by atoms with E-state index in [-0.39, 0.29) is 29.4 Å². The molecule has 0 saturated carbocycles. The van der Waals surface area contributed by atoms with Gasteiger partial charge in [0.2, 0.25) is 0 Å². The van der Waals surface area contributed by atoms with Gasteiger partial charge in [0.1, 0.15) is 6.61 Å². The van der Waals surface area contributed by atoms with E-state index < -0.39 is 15.7 Å². The van der Waals surface area contributed by atoms with Crippen molar-refractivity contribution >= 4 is 54.3 Å². The van der Waals surface area contributed by atoms with E-state index in [1.165, 1.54) is 18.9 Å². The average molecular weight is 507 g/mol. The van der Waals surface area contributed by atoms with Crippen molar-refractivity contribution < 1.29 is 27.4 Å². The van der Waals surface area contributed by atoms with Gasteiger partial charge in [-0.15, -0.1) is 0 Å². The Bertz CT molecular complexity index is 921. The first-order chi connectivity index (χ1) is 13.8. The Kier molecular flexibility index (Phi) is 7.13. The molecule has 2 heterocycles. The number of benzene rings is 1. The standard InChI is InChI=1S/C18H23BrN2O6S2/c1-4-26-14-6-11(19)12(7-15(14)27-5-2)21-13-9-29(23,24)10-16(13)28-18(21)20-17(22)8-25-3/h6-7,13,16H,4-5,8-10H2,1-3H3/t13-,16-/m0/s1. The number of amides is 1. The zero-order chi connectivity index (χ0) is 21.2. The van der Waals surface area contributed by atoms with Crippen LogP contribution in [0.25, 0.3) is 0 Å². The van der Waals surface area contributed by atoms with Crippen LogP contribution >= 0.6 is 27.7 Å². The van der Waals surface area contributed by atoms with Crippen LogP contribution in [0.4, 0.5) is 5.69 Å². The molecule has 1 amide bonds. The van der Waals surface area contributed by atoms with E-state index in [1.807, 2.05) is 18.7 Å². The highest BCUT2D eigenvalue weighted by Crippen LogP contribution is 2.46. The van der Waals surface area contributed by atoms with Crippen molar-refractivity contribution in [1.82, 2.24) is 0 Å². The Morgan fingerprint density at radius 1 is 1.24 bits per heavy atom. The Balaban J connectivity index is 2.08. The highest BCUT2D eigenvalue weighted by atomic mass is 79.9. The van der Waals surface area contributed by atoms with Crippen molar-refractivity contribution in [2.24, 2.45) is 4.99 Å². The first-order valence-corrected chi connectivity index (χ1v) is 12.6. The number of ether oxygens (including phenoxy) is 3. The molecule has 0 N–H and O–H groups in total. The molecule has 0 aliphatic carbocycles. The number of sulfone groups is 1. The molecule has 3 rings (SSSR count). The molecule has 2 saturated heterocycles. The van der Waals surface area contributed by atoms with Gasteiger partial charge in [-0.3, -0.25) is 4.79 Å². The number of nitrogens with zero attached hydrogens (tertiary/aromatic N) is 2. The summed E-state index contributed by atoms with van der Waals surface area (Å²) < 4.78 is 41.4. The van der Waals surface area contributed by atoms with Gasteiger partial charge in [-0.1, -0.05) is 11.8 Å². The first kappa shape index (κ1) is 22.4. The number of aliphatic imine (C=N–C) groups is 1. The fourth-order valence-electron chi connectivity index (χ4n) is 3.35. The van der Waals surface area contributed by atoms with Crippen molar-refractivity contribution in [1.29, 1.82) is 0 Å². The second kappa shape index (κ2) is 9.23. The number of carbonyl (C=O) groups is 1. The summed E-state index contributed by atoms with van der Waals surface area (Å²) in [5, 5.41) is 0.271. The van der Waals surface area contributed by atoms with Crippen LogP contribution in [0.5, 0.6) is 11.5 Å². The van der Waals surface area contributed by atoms with E-state index in [0.717, 1.165) is 0 Å². The number of halogens is 1. The number of carbonyl (C=O) groups excluding carboxylic acids is 1. The van der Waals surface area contributed by atoms with E-state index in [4.69, 9.17) is 14.2 Å². The van der Waals surface area contributed by atoms with E-state index in [0.29, 0.717) is 40.0 Å². The number of hydrogen-bond acceptors (Lipinski definition) is 7. The molecule has 0 spiro atoms. The van der Waals surface area contributed by atoms with Gasteiger partial charge in [-0.2, -0.15) is 4.99 Å². The zero-order valence-corrected chi connectivity index (χ0v) is 19.6. The summed E-state index contributed by atoms with van der Waals surface area (Å²) in [6.45, 7) is 4.55. The number of amidine groups is 1. The fraction of sp³-hybridized carbons (Fsp3) is 0.556. The lowest BCUT2D eigenvalue weighted by Gasteiger charge is -2.27. The van der Waals surface area contributed by atoms with Gasteiger partial charge in [0.05, 0.1) is 36.4 Å². The van der Waals surface area contributed by atoms with Gasteiger partial charge < -0.3 is 19.1 Å². The highest BCUT2D eigenvalue weighted by molar-refractivity contribution is 9.10. The van der Waals surface area contributed by atoms with Crippen molar-refractivity contribution in [2.45, 2.75) is 25.1 Å². The quantitative estimate of drug-likeness (QED) is 0.556. The Labute approximate surface area is 183 Å². The molecule has 0 radical (unpaired) electrons. The van der Waals surface area contributed by atoms with Gasteiger partial charge in [-0.25, -0.2) is 8.42 Å². The minimum atomic E-state index is -3.16. The molecule has 8 nitrogen and oxygen atoms in total. The normalized spacial score (nSPS) is 24.0. The number of hydrogen-bond donors (Lipinski definition) is 0. The van der Waals surface area contributed by atoms with Crippen LogP contribution in [0.2, 0.25) is 0 Å². The molecule has 0 aromatic heterocycles. The smallest absolute Gasteiger partial charge is 0.274 e. The lowest BCUT2D eigenvalue weighted by molar-refractivity contribution is -0.121. The van der Waals surface area contributed by atoms with E-state index in [2.05, 4.69) is 20.9 Å². The molecule has 11 heteroatoms. The number of rotatable bonds is 7. The van der Waals surface area contributed by atoms with Crippen LogP contribution < -0.4 is 14.4 Å². The maximum atomic E-state index is 12.2. The van der Waals surface area contributed by atoms with Crippen LogP contribution in [0.3, 0.4) is 0 Å². The van der Waals surface area contributed by atoms with Crippen molar-refractivity contribution in [3.8, 4) is 11.5 Å². The summed E-state index contributed by atoms with van der Waals surface area (Å²) in [6, 6.07) is 3.27. The van der Waals surface area contributed by atoms with E-state index in [1.54, 1.807) is 12.1 Å². The van der Waals surface area contributed by atoms with Crippen LogP contribution in [-0.2, 0) is 19.4 Å². The fourth-order valence-corrected chi connectivity index (χ4v) is 7.79. The summed E-state index contributed by atoms with van der Waals surface area (Å²) in [5.41, 5.74) is 0.679. The second-order valence-electron chi connectivity index (χ2n) is 6.51. The van der Waals surface area contributed by atoms with Crippen LogP contribution in [-0.4, -0.2) is 69.2 Å². The van der Waals surface area contributed by atoms with Crippen molar-refractivity contribution in [3.63, 3.8) is 0 Å². The minimum absolute atomic E-state index is 0.00573. The zero-order valence-electron chi connectivity index (χ0n) is 16.4. The summed E-state index contributed by atoms with van der Waals surface area (Å²) in [4.78, 5) is 18.1. The van der Waals surface area contributed by atoms with Crippen LogP contribution in [0.1, 0.15) is 13.8 Å². The second-order valence-corrected chi connectivity index (χ2v) is 10.7. The summed E-state index contributed by atoms with van der Waals surface area (Å²) in [5.74, 6) is 0.774. The van der Waals surface area contributed by atoms with Crippen LogP contribution in [0.15, 0.2) is 21.6 Å². The van der Waals surface area contributed by atoms with Gasteiger partial charge >= 0.3 is 0 Å². The number of fused-ring (bicyclic) bond motifs is 1. The van der Waals surface area contributed by atoms with Gasteiger partial charge in [0.15, 0.2) is 26.5 Å². The monoisotopic (exact) mass is 506 g/mol. The lowest BCUT2D eigenvalue weighted by Crippen LogP contribution is -2.38. The lowest BCUT2D eigenvalue weighted by atomic mass is 10.2. The Hall–Kier alpha value is -1.30. The molecule has 0 bridgehead atoms. The third kappa shape index (κ3) is 4.89. The van der Waals surface area contributed by atoms with Gasteiger partial charge in [0, 0.05) is 29.0 Å². The molecular formula is C18H23BrN2O6S2.